The Morgan fingerprint density at radius 3 is 2.59 bits per heavy atom. The second-order valence-corrected chi connectivity index (χ2v) is 6.93. The molecule has 0 saturated heterocycles. The van der Waals surface area contributed by atoms with Crippen molar-refractivity contribution >= 4 is 16.9 Å². The molecule has 0 saturated carbocycles. The first kappa shape index (κ1) is 19.2. The summed E-state index contributed by atoms with van der Waals surface area (Å²) in [5.41, 5.74) is 1.75. The van der Waals surface area contributed by atoms with Crippen LogP contribution in [0.5, 0.6) is 0 Å². The summed E-state index contributed by atoms with van der Waals surface area (Å²) in [5, 5.41) is 8.85. The monoisotopic (exact) mass is 397 g/mol. The Balaban J connectivity index is 1.86. The molecule has 9 nitrogen and oxygen atoms in total. The minimum absolute atomic E-state index is 0.0313. The number of aliphatic hydroxyl groups is 1. The first-order valence-corrected chi connectivity index (χ1v) is 9.43. The summed E-state index contributed by atoms with van der Waals surface area (Å²) >= 11 is 0. The molecular formula is C20H23N5O4. The van der Waals surface area contributed by atoms with E-state index < -0.39 is 5.69 Å². The molecule has 0 amide bonds. The lowest BCUT2D eigenvalue weighted by atomic mass is 10.2. The van der Waals surface area contributed by atoms with Crippen LogP contribution in [-0.4, -0.2) is 48.0 Å². The van der Waals surface area contributed by atoms with Crippen molar-refractivity contribution in [2.24, 2.45) is 7.05 Å². The van der Waals surface area contributed by atoms with E-state index in [0.717, 1.165) is 11.3 Å². The molecule has 3 heterocycles. The van der Waals surface area contributed by atoms with Gasteiger partial charge in [-0.05, 0) is 12.5 Å². The highest BCUT2D eigenvalue weighted by Gasteiger charge is 2.20. The number of aryl methyl sites for hydroxylation is 2. The zero-order valence-electron chi connectivity index (χ0n) is 16.4. The average Bonchev–Trinajstić information content (AvgIpc) is 3.23. The van der Waals surface area contributed by atoms with E-state index in [1.54, 1.807) is 11.4 Å². The topological polar surface area (TPSA) is 95.7 Å². The molecule has 0 fully saturated rings. The highest BCUT2D eigenvalue weighted by Crippen LogP contribution is 2.16. The summed E-state index contributed by atoms with van der Waals surface area (Å²) < 4.78 is 11.7. The SMILES string of the molecule is Cc1cn2c3c(=O)n(Cc4ccccc4)c(=O)n(C)c3nc2n1CCOCCO. The third-order valence-corrected chi connectivity index (χ3v) is 5.02. The van der Waals surface area contributed by atoms with Crippen molar-refractivity contribution in [1.29, 1.82) is 0 Å². The quantitative estimate of drug-likeness (QED) is 0.459. The predicted octanol–water partition coefficient (Wildman–Crippen LogP) is 0.515. The van der Waals surface area contributed by atoms with E-state index in [1.165, 1.54) is 9.13 Å². The average molecular weight is 397 g/mol. The highest BCUT2D eigenvalue weighted by molar-refractivity contribution is 5.75. The summed E-state index contributed by atoms with van der Waals surface area (Å²) in [6.45, 7) is 3.30. The molecule has 0 atom stereocenters. The molecule has 9 heteroatoms. The van der Waals surface area contributed by atoms with Gasteiger partial charge in [0.25, 0.3) is 5.56 Å². The Kier molecular flexibility index (Phi) is 5.08. The minimum Gasteiger partial charge on any atom is -0.394 e. The minimum atomic E-state index is -0.401. The largest absolute Gasteiger partial charge is 0.394 e. The highest BCUT2D eigenvalue weighted by atomic mass is 16.5. The lowest BCUT2D eigenvalue weighted by molar-refractivity contribution is 0.0872. The molecular weight excluding hydrogens is 374 g/mol. The maximum absolute atomic E-state index is 13.2. The van der Waals surface area contributed by atoms with Crippen LogP contribution in [0.2, 0.25) is 0 Å². The molecule has 0 aliphatic rings. The number of aromatic nitrogens is 5. The number of hydrogen-bond acceptors (Lipinski definition) is 5. The number of hydrogen-bond donors (Lipinski definition) is 1. The van der Waals surface area contributed by atoms with Crippen molar-refractivity contribution in [3.05, 3.63) is 68.6 Å². The second kappa shape index (κ2) is 7.69. The van der Waals surface area contributed by atoms with E-state index in [1.807, 2.05) is 48.0 Å². The number of aliphatic hydroxyl groups excluding tert-OH is 1. The van der Waals surface area contributed by atoms with Gasteiger partial charge in [0.1, 0.15) is 0 Å². The van der Waals surface area contributed by atoms with Gasteiger partial charge in [0, 0.05) is 25.5 Å². The van der Waals surface area contributed by atoms with E-state index in [0.29, 0.717) is 30.1 Å². The Bertz CT molecular complexity index is 1280. The summed E-state index contributed by atoms with van der Waals surface area (Å²) in [5.74, 6) is 0.578. The maximum atomic E-state index is 13.2. The van der Waals surface area contributed by atoms with Crippen LogP contribution in [0.1, 0.15) is 11.3 Å². The van der Waals surface area contributed by atoms with Crippen LogP contribution in [-0.2, 0) is 24.9 Å². The van der Waals surface area contributed by atoms with Crippen LogP contribution >= 0.6 is 0 Å². The first-order chi connectivity index (χ1) is 14.0. The van der Waals surface area contributed by atoms with E-state index in [2.05, 4.69) is 4.98 Å². The Morgan fingerprint density at radius 1 is 1.10 bits per heavy atom. The van der Waals surface area contributed by atoms with E-state index in [-0.39, 0.29) is 25.3 Å². The molecule has 152 valence electrons. The van der Waals surface area contributed by atoms with Gasteiger partial charge in [0.05, 0.1) is 26.4 Å². The Morgan fingerprint density at radius 2 is 1.86 bits per heavy atom. The molecule has 0 unspecified atom stereocenters. The van der Waals surface area contributed by atoms with E-state index in [9.17, 15) is 9.59 Å². The summed E-state index contributed by atoms with van der Waals surface area (Å²) in [6.07, 6.45) is 1.84. The Hall–Kier alpha value is -3.17. The molecule has 0 aliphatic carbocycles. The fourth-order valence-corrected chi connectivity index (χ4v) is 3.56. The fraction of sp³-hybridized carbons (Fsp3) is 0.350. The number of benzene rings is 1. The van der Waals surface area contributed by atoms with E-state index >= 15 is 0 Å². The van der Waals surface area contributed by atoms with Gasteiger partial charge in [-0.15, -0.1) is 0 Å². The molecule has 0 aliphatic heterocycles. The van der Waals surface area contributed by atoms with Crippen LogP contribution in [0, 0.1) is 6.92 Å². The van der Waals surface area contributed by atoms with Gasteiger partial charge in [-0.25, -0.2) is 4.79 Å². The number of imidazole rings is 2. The molecule has 0 spiro atoms. The molecule has 0 bridgehead atoms. The first-order valence-electron chi connectivity index (χ1n) is 9.43. The molecule has 3 aromatic heterocycles. The standard InChI is InChI=1S/C20H23N5O4/c1-14-12-24-16-17(21-19(24)23(14)8-10-29-11-9-26)22(2)20(28)25(18(16)27)13-15-6-4-3-5-7-15/h3-7,12,26H,8-11,13H2,1-2H3. The van der Waals surface area contributed by atoms with Gasteiger partial charge in [0.2, 0.25) is 5.78 Å². The van der Waals surface area contributed by atoms with Gasteiger partial charge in [-0.2, -0.15) is 4.98 Å². The molecule has 1 N–H and O–H groups in total. The summed E-state index contributed by atoms with van der Waals surface area (Å²) in [7, 11) is 1.62. The zero-order valence-corrected chi connectivity index (χ0v) is 16.4. The number of nitrogens with zero attached hydrogens (tertiary/aromatic N) is 5. The van der Waals surface area contributed by atoms with E-state index in [4.69, 9.17) is 9.84 Å². The molecule has 1 aromatic carbocycles. The van der Waals surface area contributed by atoms with Crippen LogP contribution in [0.15, 0.2) is 46.1 Å². The lowest BCUT2D eigenvalue weighted by Crippen LogP contribution is -2.39. The number of fused-ring (bicyclic) bond motifs is 3. The smallest absolute Gasteiger partial charge is 0.332 e. The van der Waals surface area contributed by atoms with Gasteiger partial charge in [-0.1, -0.05) is 30.3 Å². The third-order valence-electron chi connectivity index (χ3n) is 5.02. The molecule has 29 heavy (non-hydrogen) atoms. The maximum Gasteiger partial charge on any atom is 0.332 e. The fourth-order valence-electron chi connectivity index (χ4n) is 3.56. The van der Waals surface area contributed by atoms with Crippen LogP contribution in [0.25, 0.3) is 16.9 Å². The van der Waals surface area contributed by atoms with Crippen molar-refractivity contribution in [3.63, 3.8) is 0 Å². The summed E-state index contributed by atoms with van der Waals surface area (Å²) in [6, 6.07) is 9.42. The lowest BCUT2D eigenvalue weighted by Gasteiger charge is -2.08. The number of ether oxygens (including phenoxy) is 1. The zero-order chi connectivity index (χ0) is 20.5. The molecule has 0 radical (unpaired) electrons. The van der Waals surface area contributed by atoms with Crippen LogP contribution < -0.4 is 11.2 Å². The molecule has 4 rings (SSSR count). The second-order valence-electron chi connectivity index (χ2n) is 6.93. The Labute approximate surface area is 166 Å². The van der Waals surface area contributed by atoms with Crippen molar-refractivity contribution < 1.29 is 9.84 Å². The van der Waals surface area contributed by atoms with Crippen LogP contribution in [0.3, 0.4) is 0 Å². The molecule has 4 aromatic rings. The van der Waals surface area contributed by atoms with Crippen molar-refractivity contribution in [1.82, 2.24) is 23.1 Å². The van der Waals surface area contributed by atoms with Crippen molar-refractivity contribution in [2.45, 2.75) is 20.0 Å². The van der Waals surface area contributed by atoms with Gasteiger partial charge in [-0.3, -0.25) is 18.3 Å². The van der Waals surface area contributed by atoms with Gasteiger partial charge < -0.3 is 14.4 Å². The van der Waals surface area contributed by atoms with Crippen LogP contribution in [0.4, 0.5) is 0 Å². The van der Waals surface area contributed by atoms with Gasteiger partial charge in [0.15, 0.2) is 11.2 Å². The summed E-state index contributed by atoms with van der Waals surface area (Å²) in [4.78, 5) is 30.6. The predicted molar refractivity (Wildman–Crippen MR) is 108 cm³/mol. The van der Waals surface area contributed by atoms with Crippen molar-refractivity contribution in [2.75, 3.05) is 19.8 Å². The normalized spacial score (nSPS) is 11.7. The van der Waals surface area contributed by atoms with Gasteiger partial charge >= 0.3 is 5.69 Å². The van der Waals surface area contributed by atoms with Crippen molar-refractivity contribution in [3.8, 4) is 0 Å². The third kappa shape index (κ3) is 3.28. The number of rotatable bonds is 7.